The Balaban J connectivity index is 2.08. The van der Waals surface area contributed by atoms with E-state index >= 15 is 0 Å². The van der Waals surface area contributed by atoms with Gasteiger partial charge in [-0.05, 0) is 92.0 Å². The van der Waals surface area contributed by atoms with Crippen molar-refractivity contribution in [3.8, 4) is 0 Å². The topological polar surface area (TPSA) is 34.0 Å². The first kappa shape index (κ1) is 16.7. The second-order valence-electron chi connectivity index (χ2n) is 6.94. The van der Waals surface area contributed by atoms with E-state index in [1.165, 1.54) is 25.6 Å². The third-order valence-corrected chi connectivity index (χ3v) is 5.46. The van der Waals surface area contributed by atoms with E-state index in [1.807, 2.05) is 0 Å². The van der Waals surface area contributed by atoms with E-state index in [9.17, 15) is 0 Å². The van der Waals surface area contributed by atoms with Crippen LogP contribution in [0, 0.1) is 17.4 Å². The molecule has 2 heterocycles. The van der Waals surface area contributed by atoms with E-state index in [2.05, 4.69) is 90.3 Å². The monoisotopic (exact) mass is 444 g/mol. The summed E-state index contributed by atoms with van der Waals surface area (Å²) in [7, 11) is 4.20. The van der Waals surface area contributed by atoms with Crippen LogP contribution in [0.2, 0.25) is 0 Å². The zero-order chi connectivity index (χ0) is 17.7. The van der Waals surface area contributed by atoms with E-state index in [4.69, 9.17) is 9.97 Å². The van der Waals surface area contributed by atoms with Gasteiger partial charge in [0.25, 0.3) is 0 Å². The highest BCUT2D eigenvalue weighted by Gasteiger charge is 2.15. The van der Waals surface area contributed by atoms with E-state index in [0.29, 0.717) is 0 Å². The molecule has 0 radical (unpaired) electrons. The number of halogens is 1. The minimum Gasteiger partial charge on any atom is -0.323 e. The number of aryl methyl sites for hydroxylation is 2. The predicted octanol–water partition coefficient (Wildman–Crippen LogP) is 4.52. The summed E-state index contributed by atoms with van der Waals surface area (Å²) in [4.78, 5) is 12.2. The van der Waals surface area contributed by atoms with Crippen molar-refractivity contribution in [2.45, 2.75) is 20.4 Å². The Bertz CT molecular complexity index is 1110. The van der Waals surface area contributed by atoms with Gasteiger partial charge in [-0.15, -0.1) is 0 Å². The first-order valence-corrected chi connectivity index (χ1v) is 9.53. The summed E-state index contributed by atoms with van der Waals surface area (Å²) < 4.78 is 3.53. The molecular formula is C20H21IN4. The van der Waals surface area contributed by atoms with Gasteiger partial charge in [0.05, 0.1) is 16.6 Å². The zero-order valence-corrected chi connectivity index (χ0v) is 17.1. The van der Waals surface area contributed by atoms with E-state index in [0.717, 1.165) is 35.3 Å². The van der Waals surface area contributed by atoms with Gasteiger partial charge in [-0.2, -0.15) is 0 Å². The number of hydrogen-bond donors (Lipinski definition) is 0. The van der Waals surface area contributed by atoms with E-state index < -0.39 is 0 Å². The number of fused-ring (bicyclic) bond motifs is 4. The molecule has 2 aromatic heterocycles. The van der Waals surface area contributed by atoms with Gasteiger partial charge in [-0.1, -0.05) is 0 Å². The van der Waals surface area contributed by atoms with Crippen LogP contribution in [-0.2, 0) is 6.54 Å². The van der Waals surface area contributed by atoms with Gasteiger partial charge in [0.1, 0.15) is 5.52 Å². The average molecular weight is 444 g/mol. The first-order valence-electron chi connectivity index (χ1n) is 8.45. The lowest BCUT2D eigenvalue weighted by Crippen LogP contribution is -2.18. The van der Waals surface area contributed by atoms with Crippen molar-refractivity contribution >= 4 is 55.7 Å². The second-order valence-corrected chi connectivity index (χ2v) is 8.18. The van der Waals surface area contributed by atoms with Gasteiger partial charge in [0.2, 0.25) is 0 Å². The number of rotatable bonds is 3. The molecule has 4 nitrogen and oxygen atoms in total. The molecule has 4 rings (SSSR count). The van der Waals surface area contributed by atoms with Crippen molar-refractivity contribution < 1.29 is 0 Å². The molecule has 4 aromatic rings. The minimum atomic E-state index is 0.901. The molecule has 0 bridgehead atoms. The van der Waals surface area contributed by atoms with Gasteiger partial charge < -0.3 is 9.47 Å². The van der Waals surface area contributed by atoms with Gasteiger partial charge in [0, 0.05) is 22.0 Å². The predicted molar refractivity (Wildman–Crippen MR) is 113 cm³/mol. The Kier molecular flexibility index (Phi) is 4.16. The zero-order valence-electron chi connectivity index (χ0n) is 15.0. The second kappa shape index (κ2) is 6.21. The SMILES string of the molecule is Cc1cc2nc3c4cc(I)ccc4n(CCN(C)C)c3nc2cc1C. The van der Waals surface area contributed by atoms with Crippen LogP contribution in [0.1, 0.15) is 11.1 Å². The van der Waals surface area contributed by atoms with Crippen molar-refractivity contribution in [1.82, 2.24) is 19.4 Å². The summed E-state index contributed by atoms with van der Waals surface area (Å²) in [6, 6.07) is 10.9. The van der Waals surface area contributed by atoms with Gasteiger partial charge in [-0.3, -0.25) is 0 Å². The number of nitrogens with zero attached hydrogens (tertiary/aromatic N) is 4. The lowest BCUT2D eigenvalue weighted by Gasteiger charge is -2.12. The third-order valence-electron chi connectivity index (χ3n) is 4.79. The summed E-state index contributed by atoms with van der Waals surface area (Å²) in [5.41, 5.74) is 7.65. The summed E-state index contributed by atoms with van der Waals surface area (Å²) in [5.74, 6) is 0. The van der Waals surface area contributed by atoms with E-state index in [1.54, 1.807) is 0 Å². The summed E-state index contributed by atoms with van der Waals surface area (Å²) in [5, 5.41) is 1.19. The highest BCUT2D eigenvalue weighted by atomic mass is 127. The summed E-state index contributed by atoms with van der Waals surface area (Å²) >= 11 is 2.36. The van der Waals surface area contributed by atoms with Crippen LogP contribution in [0.5, 0.6) is 0 Å². The molecule has 2 aromatic carbocycles. The van der Waals surface area contributed by atoms with Crippen LogP contribution in [-0.4, -0.2) is 40.1 Å². The molecular weight excluding hydrogens is 423 g/mol. The Hall–Kier alpha value is -1.73. The maximum Gasteiger partial charge on any atom is 0.160 e. The lowest BCUT2D eigenvalue weighted by atomic mass is 10.1. The van der Waals surface area contributed by atoms with Gasteiger partial charge >= 0.3 is 0 Å². The Morgan fingerprint density at radius 2 is 1.68 bits per heavy atom. The van der Waals surface area contributed by atoms with Crippen molar-refractivity contribution in [2.24, 2.45) is 0 Å². The van der Waals surface area contributed by atoms with Crippen LogP contribution in [0.4, 0.5) is 0 Å². The molecule has 0 saturated carbocycles. The minimum absolute atomic E-state index is 0.901. The fourth-order valence-corrected chi connectivity index (χ4v) is 3.74. The molecule has 0 spiro atoms. The fraction of sp³-hybridized carbons (Fsp3) is 0.300. The fourth-order valence-electron chi connectivity index (χ4n) is 3.24. The molecule has 128 valence electrons. The van der Waals surface area contributed by atoms with Gasteiger partial charge in [0.15, 0.2) is 5.65 Å². The lowest BCUT2D eigenvalue weighted by molar-refractivity contribution is 0.389. The normalized spacial score (nSPS) is 12.1. The van der Waals surface area contributed by atoms with Crippen molar-refractivity contribution in [2.75, 3.05) is 20.6 Å². The van der Waals surface area contributed by atoms with Crippen LogP contribution in [0.3, 0.4) is 0 Å². The molecule has 0 atom stereocenters. The van der Waals surface area contributed by atoms with Crippen LogP contribution in [0.25, 0.3) is 33.1 Å². The average Bonchev–Trinajstić information content (AvgIpc) is 2.84. The van der Waals surface area contributed by atoms with Crippen LogP contribution < -0.4 is 0 Å². The smallest absolute Gasteiger partial charge is 0.160 e. The molecule has 0 fully saturated rings. The molecule has 25 heavy (non-hydrogen) atoms. The molecule has 0 aliphatic rings. The number of hydrogen-bond acceptors (Lipinski definition) is 3. The molecule has 5 heteroatoms. The van der Waals surface area contributed by atoms with Crippen molar-refractivity contribution in [3.63, 3.8) is 0 Å². The Morgan fingerprint density at radius 1 is 1.00 bits per heavy atom. The number of aromatic nitrogens is 3. The largest absolute Gasteiger partial charge is 0.323 e. The molecule has 0 N–H and O–H groups in total. The molecule has 0 aliphatic heterocycles. The Labute approximate surface area is 161 Å². The van der Waals surface area contributed by atoms with Crippen molar-refractivity contribution in [1.29, 1.82) is 0 Å². The highest BCUT2D eigenvalue weighted by Crippen LogP contribution is 2.30. The molecule has 0 saturated heterocycles. The maximum atomic E-state index is 5.00. The number of likely N-dealkylation sites (N-methyl/N-ethyl adjacent to an activating group) is 1. The third kappa shape index (κ3) is 2.89. The molecule has 0 unspecified atom stereocenters. The standard InChI is InChI=1S/C20H21IN4/c1-12-9-16-17(10-13(12)2)23-20-19(22-16)15-11-14(21)5-6-18(15)25(20)8-7-24(3)4/h5-6,9-11H,7-8H2,1-4H3. The first-order chi connectivity index (χ1) is 11.9. The Morgan fingerprint density at radius 3 is 2.36 bits per heavy atom. The quantitative estimate of drug-likeness (QED) is 0.436. The summed E-state index contributed by atoms with van der Waals surface area (Å²) in [6.07, 6.45) is 0. The highest BCUT2D eigenvalue weighted by molar-refractivity contribution is 14.1. The number of benzene rings is 2. The van der Waals surface area contributed by atoms with E-state index in [-0.39, 0.29) is 0 Å². The molecule has 0 aliphatic carbocycles. The maximum absolute atomic E-state index is 5.00. The summed E-state index contributed by atoms with van der Waals surface area (Å²) in [6.45, 7) is 6.13. The van der Waals surface area contributed by atoms with Crippen LogP contribution >= 0.6 is 22.6 Å². The van der Waals surface area contributed by atoms with Gasteiger partial charge in [-0.25, -0.2) is 9.97 Å². The molecule has 0 amide bonds. The van der Waals surface area contributed by atoms with Crippen molar-refractivity contribution in [3.05, 3.63) is 45.0 Å². The van der Waals surface area contributed by atoms with Crippen LogP contribution in [0.15, 0.2) is 30.3 Å².